The first-order valence-corrected chi connectivity index (χ1v) is 9.26. The number of carbonyl (C=O) groups is 2. The first-order chi connectivity index (χ1) is 13.7. The summed E-state index contributed by atoms with van der Waals surface area (Å²) in [5.41, 5.74) is 3.47. The molecule has 0 bridgehead atoms. The second-order valence-electron chi connectivity index (χ2n) is 6.64. The molecule has 6 heteroatoms. The van der Waals surface area contributed by atoms with Crippen LogP contribution < -0.4 is 10.2 Å². The molecule has 0 fully saturated rings. The van der Waals surface area contributed by atoms with Gasteiger partial charge in [-0.05, 0) is 48.2 Å². The lowest BCUT2D eigenvalue weighted by Gasteiger charge is -2.29. The number of hydrogen-bond acceptors (Lipinski definition) is 4. The summed E-state index contributed by atoms with van der Waals surface area (Å²) in [4.78, 5) is 35.6. The van der Waals surface area contributed by atoms with Crippen molar-refractivity contribution in [1.29, 1.82) is 0 Å². The van der Waals surface area contributed by atoms with E-state index >= 15 is 0 Å². The molecule has 0 aliphatic carbocycles. The second-order valence-corrected chi connectivity index (χ2v) is 6.64. The normalized spacial score (nSPS) is 12.9. The van der Waals surface area contributed by atoms with Crippen molar-refractivity contribution in [1.82, 2.24) is 15.3 Å². The standard InChI is InChI=1S/C22H20N4O2/c27-21(24-15-16-6-4-12-23-14-16)18-9-3-10-19(25-18)22(28)26-13-5-8-17-7-1-2-11-20(17)26/h1-4,6-7,9-12,14H,5,8,13,15H2,(H,24,27). The van der Waals surface area contributed by atoms with Gasteiger partial charge in [-0.25, -0.2) is 4.98 Å². The fourth-order valence-electron chi connectivity index (χ4n) is 3.34. The number of benzene rings is 1. The molecule has 2 amide bonds. The molecule has 0 spiro atoms. The van der Waals surface area contributed by atoms with Crippen LogP contribution in [0, 0.1) is 0 Å². The Bertz CT molecular complexity index is 1000. The number of anilines is 1. The Morgan fingerprint density at radius 3 is 2.71 bits per heavy atom. The number of carbonyl (C=O) groups excluding carboxylic acids is 2. The van der Waals surface area contributed by atoms with E-state index in [9.17, 15) is 9.59 Å². The van der Waals surface area contributed by atoms with E-state index in [1.807, 2.05) is 36.4 Å². The minimum atomic E-state index is -0.322. The van der Waals surface area contributed by atoms with Crippen molar-refractivity contribution < 1.29 is 9.59 Å². The van der Waals surface area contributed by atoms with Crippen LogP contribution in [0.4, 0.5) is 5.69 Å². The zero-order valence-corrected chi connectivity index (χ0v) is 15.3. The molecule has 4 rings (SSSR count). The Morgan fingerprint density at radius 1 is 1.00 bits per heavy atom. The summed E-state index contributed by atoms with van der Waals surface area (Å²) in [7, 11) is 0. The van der Waals surface area contributed by atoms with Crippen LogP contribution >= 0.6 is 0 Å². The molecule has 0 atom stereocenters. The minimum Gasteiger partial charge on any atom is -0.347 e. The second kappa shape index (κ2) is 8.00. The number of nitrogens with zero attached hydrogens (tertiary/aromatic N) is 3. The SMILES string of the molecule is O=C(NCc1cccnc1)c1cccc(C(=O)N2CCCc3ccccc32)n1. The van der Waals surface area contributed by atoms with Gasteiger partial charge < -0.3 is 10.2 Å². The number of nitrogens with one attached hydrogen (secondary N) is 1. The number of amides is 2. The van der Waals surface area contributed by atoms with Crippen LogP contribution in [0.3, 0.4) is 0 Å². The van der Waals surface area contributed by atoms with Crippen molar-refractivity contribution in [2.75, 3.05) is 11.4 Å². The summed E-state index contributed by atoms with van der Waals surface area (Å²) in [5.74, 6) is -0.508. The third-order valence-electron chi connectivity index (χ3n) is 4.73. The van der Waals surface area contributed by atoms with Crippen LogP contribution in [-0.2, 0) is 13.0 Å². The van der Waals surface area contributed by atoms with Crippen LogP contribution in [-0.4, -0.2) is 28.3 Å². The van der Waals surface area contributed by atoms with Gasteiger partial charge in [-0.15, -0.1) is 0 Å². The fraction of sp³-hybridized carbons (Fsp3) is 0.182. The maximum atomic E-state index is 13.0. The largest absolute Gasteiger partial charge is 0.347 e. The molecule has 1 aliphatic rings. The quantitative estimate of drug-likeness (QED) is 0.764. The van der Waals surface area contributed by atoms with E-state index in [1.54, 1.807) is 35.5 Å². The van der Waals surface area contributed by atoms with Crippen LogP contribution in [0.2, 0.25) is 0 Å². The average Bonchev–Trinajstić information content (AvgIpc) is 2.77. The zero-order valence-electron chi connectivity index (χ0n) is 15.3. The van der Waals surface area contributed by atoms with Gasteiger partial charge in [0.1, 0.15) is 11.4 Å². The predicted octanol–water partition coefficient (Wildman–Crippen LogP) is 3.00. The summed E-state index contributed by atoms with van der Waals surface area (Å²) >= 11 is 0. The molecule has 0 radical (unpaired) electrons. The van der Waals surface area contributed by atoms with Crippen molar-refractivity contribution >= 4 is 17.5 Å². The highest BCUT2D eigenvalue weighted by atomic mass is 16.2. The molecule has 0 unspecified atom stereocenters. The predicted molar refractivity (Wildman–Crippen MR) is 106 cm³/mol. The average molecular weight is 372 g/mol. The number of fused-ring (bicyclic) bond motifs is 1. The number of hydrogen-bond donors (Lipinski definition) is 1. The number of pyridine rings is 2. The minimum absolute atomic E-state index is 0.186. The molecule has 1 N–H and O–H groups in total. The van der Waals surface area contributed by atoms with Gasteiger partial charge >= 0.3 is 0 Å². The van der Waals surface area contributed by atoms with E-state index in [-0.39, 0.29) is 23.2 Å². The Kier molecular flexibility index (Phi) is 5.10. The first-order valence-electron chi connectivity index (χ1n) is 9.26. The summed E-state index contributed by atoms with van der Waals surface area (Å²) in [6, 6.07) is 16.6. The molecule has 140 valence electrons. The lowest BCUT2D eigenvalue weighted by atomic mass is 10.0. The van der Waals surface area contributed by atoms with E-state index < -0.39 is 0 Å². The van der Waals surface area contributed by atoms with Gasteiger partial charge in [0, 0.05) is 31.2 Å². The Labute approximate surface area is 163 Å². The van der Waals surface area contributed by atoms with Crippen molar-refractivity contribution in [3.8, 4) is 0 Å². The van der Waals surface area contributed by atoms with E-state index in [4.69, 9.17) is 0 Å². The highest BCUT2D eigenvalue weighted by molar-refractivity contribution is 6.06. The summed E-state index contributed by atoms with van der Waals surface area (Å²) in [6.07, 6.45) is 5.25. The number of rotatable bonds is 4. The molecule has 3 aromatic rings. The van der Waals surface area contributed by atoms with Gasteiger partial charge in [-0.1, -0.05) is 30.3 Å². The third kappa shape index (κ3) is 3.76. The smallest absolute Gasteiger partial charge is 0.276 e. The van der Waals surface area contributed by atoms with Crippen LogP contribution in [0.15, 0.2) is 67.0 Å². The number of aromatic nitrogens is 2. The van der Waals surface area contributed by atoms with E-state index in [0.29, 0.717) is 13.1 Å². The van der Waals surface area contributed by atoms with E-state index in [0.717, 1.165) is 29.7 Å². The highest BCUT2D eigenvalue weighted by Crippen LogP contribution is 2.27. The van der Waals surface area contributed by atoms with Gasteiger partial charge in [0.2, 0.25) is 0 Å². The van der Waals surface area contributed by atoms with Crippen molar-refractivity contribution in [2.24, 2.45) is 0 Å². The van der Waals surface area contributed by atoms with Crippen molar-refractivity contribution in [3.63, 3.8) is 0 Å². The monoisotopic (exact) mass is 372 g/mol. The van der Waals surface area contributed by atoms with Gasteiger partial charge in [-0.2, -0.15) is 0 Å². The molecule has 1 aliphatic heterocycles. The van der Waals surface area contributed by atoms with Gasteiger partial charge in [0.25, 0.3) is 11.8 Å². The van der Waals surface area contributed by atoms with Crippen molar-refractivity contribution in [3.05, 3.63) is 89.5 Å². The topological polar surface area (TPSA) is 75.2 Å². The Morgan fingerprint density at radius 2 is 1.86 bits per heavy atom. The summed E-state index contributed by atoms with van der Waals surface area (Å²) < 4.78 is 0. The molecule has 6 nitrogen and oxygen atoms in total. The van der Waals surface area contributed by atoms with Crippen LogP contribution in [0.5, 0.6) is 0 Å². The molecule has 0 saturated heterocycles. The Hall–Kier alpha value is -3.54. The number of para-hydroxylation sites is 1. The summed E-state index contributed by atoms with van der Waals surface area (Å²) in [5, 5.41) is 2.81. The molecule has 2 aromatic heterocycles. The highest BCUT2D eigenvalue weighted by Gasteiger charge is 2.24. The molecule has 0 saturated carbocycles. The summed E-state index contributed by atoms with van der Waals surface area (Å²) in [6.45, 7) is 1.00. The molecule has 1 aromatic carbocycles. The van der Waals surface area contributed by atoms with E-state index in [1.165, 1.54) is 0 Å². The fourth-order valence-corrected chi connectivity index (χ4v) is 3.34. The van der Waals surface area contributed by atoms with Gasteiger partial charge in [0.15, 0.2) is 0 Å². The molecule has 28 heavy (non-hydrogen) atoms. The molecular formula is C22H20N4O2. The molecule has 3 heterocycles. The van der Waals surface area contributed by atoms with Crippen molar-refractivity contribution in [2.45, 2.75) is 19.4 Å². The third-order valence-corrected chi connectivity index (χ3v) is 4.73. The number of aryl methyl sites for hydroxylation is 1. The maximum Gasteiger partial charge on any atom is 0.276 e. The zero-order chi connectivity index (χ0) is 19.3. The van der Waals surface area contributed by atoms with Crippen LogP contribution in [0.1, 0.15) is 38.5 Å². The van der Waals surface area contributed by atoms with E-state index in [2.05, 4.69) is 15.3 Å². The van der Waals surface area contributed by atoms with Gasteiger partial charge in [-0.3, -0.25) is 14.6 Å². The molecular weight excluding hydrogens is 352 g/mol. The van der Waals surface area contributed by atoms with Gasteiger partial charge in [0.05, 0.1) is 0 Å². The Balaban J connectivity index is 1.51. The lowest BCUT2D eigenvalue weighted by Crippen LogP contribution is -2.36. The van der Waals surface area contributed by atoms with Crippen LogP contribution in [0.25, 0.3) is 0 Å². The lowest BCUT2D eigenvalue weighted by molar-refractivity contribution is 0.0945. The maximum absolute atomic E-state index is 13.0. The first kappa shape index (κ1) is 17.9.